The average Bonchev–Trinajstić information content (AvgIpc) is 2.66. The monoisotopic (exact) mass is 212 g/mol. The first-order valence-corrected chi connectivity index (χ1v) is 6.50. The first kappa shape index (κ1) is 13.0. The summed E-state index contributed by atoms with van der Waals surface area (Å²) in [4.78, 5) is 2.49. The number of nitrogens with two attached hydrogens (primary N) is 1. The van der Waals surface area contributed by atoms with Crippen molar-refractivity contribution in [3.8, 4) is 0 Å². The highest BCUT2D eigenvalue weighted by Crippen LogP contribution is 2.37. The topological polar surface area (TPSA) is 29.3 Å². The molecule has 0 aromatic rings. The van der Waals surface area contributed by atoms with Crippen molar-refractivity contribution in [1.82, 2.24) is 4.90 Å². The first-order valence-electron chi connectivity index (χ1n) is 6.50. The summed E-state index contributed by atoms with van der Waals surface area (Å²) in [6.07, 6.45) is 6.73. The molecule has 1 aliphatic carbocycles. The molecule has 0 bridgehead atoms. The molecule has 1 unspecified atom stereocenters. The van der Waals surface area contributed by atoms with E-state index in [-0.39, 0.29) is 0 Å². The Labute approximate surface area is 95.2 Å². The van der Waals surface area contributed by atoms with Crippen LogP contribution in [0.5, 0.6) is 0 Å². The van der Waals surface area contributed by atoms with Crippen LogP contribution in [0.15, 0.2) is 0 Å². The van der Waals surface area contributed by atoms with Crippen molar-refractivity contribution in [3.63, 3.8) is 0 Å². The Bertz CT molecular complexity index is 173. The van der Waals surface area contributed by atoms with Crippen molar-refractivity contribution in [3.05, 3.63) is 0 Å². The fourth-order valence-corrected chi connectivity index (χ4v) is 2.85. The summed E-state index contributed by atoms with van der Waals surface area (Å²) in [6, 6.07) is 0. The molecule has 0 aromatic carbocycles. The molecule has 0 amide bonds. The van der Waals surface area contributed by atoms with E-state index in [1.54, 1.807) is 0 Å². The second-order valence-corrected chi connectivity index (χ2v) is 5.62. The lowest BCUT2D eigenvalue weighted by Crippen LogP contribution is -2.40. The molecule has 0 saturated heterocycles. The standard InChI is InChI=1S/C13H28N2/c1-4-12(2)9-15(3)11-13(10-14)7-5-6-8-13/h12H,4-11,14H2,1-3H3. The Balaban J connectivity index is 2.37. The van der Waals surface area contributed by atoms with E-state index >= 15 is 0 Å². The normalized spacial score (nSPS) is 22.2. The fourth-order valence-electron chi connectivity index (χ4n) is 2.85. The molecule has 1 aliphatic rings. The van der Waals surface area contributed by atoms with E-state index in [4.69, 9.17) is 5.73 Å². The second kappa shape index (κ2) is 5.86. The summed E-state index contributed by atoms with van der Waals surface area (Å²) in [5, 5.41) is 0. The van der Waals surface area contributed by atoms with Gasteiger partial charge in [0.1, 0.15) is 0 Å². The molecule has 1 atom stereocenters. The van der Waals surface area contributed by atoms with Gasteiger partial charge in [-0.3, -0.25) is 0 Å². The lowest BCUT2D eigenvalue weighted by molar-refractivity contribution is 0.167. The Morgan fingerprint density at radius 2 is 1.93 bits per heavy atom. The van der Waals surface area contributed by atoms with Gasteiger partial charge in [0.25, 0.3) is 0 Å². The molecule has 0 aliphatic heterocycles. The van der Waals surface area contributed by atoms with Gasteiger partial charge in [-0.25, -0.2) is 0 Å². The zero-order valence-electron chi connectivity index (χ0n) is 10.8. The van der Waals surface area contributed by atoms with Crippen LogP contribution in [-0.4, -0.2) is 31.6 Å². The van der Waals surface area contributed by atoms with Gasteiger partial charge in [-0.1, -0.05) is 33.1 Å². The maximum Gasteiger partial charge on any atom is 0.00471 e. The molecule has 2 N–H and O–H groups in total. The highest BCUT2D eigenvalue weighted by Gasteiger charge is 2.33. The summed E-state index contributed by atoms with van der Waals surface area (Å²) in [6.45, 7) is 7.90. The van der Waals surface area contributed by atoms with Gasteiger partial charge in [0.2, 0.25) is 0 Å². The van der Waals surface area contributed by atoms with Crippen molar-refractivity contribution in [2.75, 3.05) is 26.7 Å². The van der Waals surface area contributed by atoms with E-state index in [0.29, 0.717) is 5.41 Å². The Hall–Kier alpha value is -0.0800. The third-order valence-electron chi connectivity index (χ3n) is 4.02. The van der Waals surface area contributed by atoms with Gasteiger partial charge >= 0.3 is 0 Å². The van der Waals surface area contributed by atoms with Gasteiger partial charge in [0.15, 0.2) is 0 Å². The highest BCUT2D eigenvalue weighted by molar-refractivity contribution is 4.88. The van der Waals surface area contributed by atoms with Crippen LogP contribution in [0.25, 0.3) is 0 Å². The van der Waals surface area contributed by atoms with E-state index in [1.165, 1.54) is 45.2 Å². The average molecular weight is 212 g/mol. The summed E-state index contributed by atoms with van der Waals surface area (Å²) in [5.74, 6) is 0.811. The predicted octanol–water partition coefficient (Wildman–Crippen LogP) is 2.48. The molecule has 90 valence electrons. The maximum atomic E-state index is 5.95. The molecule has 0 spiro atoms. The predicted molar refractivity (Wildman–Crippen MR) is 66.9 cm³/mol. The quantitative estimate of drug-likeness (QED) is 0.733. The van der Waals surface area contributed by atoms with Crippen molar-refractivity contribution in [2.24, 2.45) is 17.1 Å². The van der Waals surface area contributed by atoms with Crippen LogP contribution in [0.1, 0.15) is 46.0 Å². The van der Waals surface area contributed by atoms with Gasteiger partial charge in [0.05, 0.1) is 0 Å². The van der Waals surface area contributed by atoms with E-state index in [2.05, 4.69) is 25.8 Å². The number of rotatable bonds is 6. The van der Waals surface area contributed by atoms with Crippen LogP contribution in [0.3, 0.4) is 0 Å². The van der Waals surface area contributed by atoms with E-state index < -0.39 is 0 Å². The molecular weight excluding hydrogens is 184 g/mol. The molecule has 0 heterocycles. The molecule has 2 nitrogen and oxygen atoms in total. The largest absolute Gasteiger partial charge is 0.330 e. The lowest BCUT2D eigenvalue weighted by atomic mass is 9.85. The number of hydrogen-bond donors (Lipinski definition) is 1. The van der Waals surface area contributed by atoms with Crippen LogP contribution >= 0.6 is 0 Å². The van der Waals surface area contributed by atoms with Crippen molar-refractivity contribution in [2.45, 2.75) is 46.0 Å². The van der Waals surface area contributed by atoms with Gasteiger partial charge in [-0.05, 0) is 37.8 Å². The van der Waals surface area contributed by atoms with Crippen molar-refractivity contribution in [1.29, 1.82) is 0 Å². The zero-order chi connectivity index (χ0) is 11.3. The van der Waals surface area contributed by atoms with Gasteiger partial charge < -0.3 is 10.6 Å². The third kappa shape index (κ3) is 3.76. The minimum absolute atomic E-state index is 0.447. The number of hydrogen-bond acceptors (Lipinski definition) is 2. The Morgan fingerprint density at radius 3 is 2.40 bits per heavy atom. The van der Waals surface area contributed by atoms with Crippen molar-refractivity contribution < 1.29 is 0 Å². The Kier molecular flexibility index (Phi) is 5.07. The van der Waals surface area contributed by atoms with Crippen molar-refractivity contribution >= 4 is 0 Å². The third-order valence-corrected chi connectivity index (χ3v) is 4.02. The van der Waals surface area contributed by atoms with Crippen LogP contribution in [-0.2, 0) is 0 Å². The van der Waals surface area contributed by atoms with E-state index in [0.717, 1.165) is 12.5 Å². The van der Waals surface area contributed by atoms with Crippen LogP contribution in [0, 0.1) is 11.3 Å². The van der Waals surface area contributed by atoms with Gasteiger partial charge in [-0.15, -0.1) is 0 Å². The van der Waals surface area contributed by atoms with Crippen LogP contribution in [0.4, 0.5) is 0 Å². The Morgan fingerprint density at radius 1 is 1.33 bits per heavy atom. The minimum Gasteiger partial charge on any atom is -0.330 e. The molecule has 1 rings (SSSR count). The first-order chi connectivity index (χ1) is 7.12. The molecule has 0 aromatic heterocycles. The number of nitrogens with zero attached hydrogens (tertiary/aromatic N) is 1. The zero-order valence-corrected chi connectivity index (χ0v) is 10.8. The molecule has 15 heavy (non-hydrogen) atoms. The molecule has 0 radical (unpaired) electrons. The lowest BCUT2D eigenvalue weighted by Gasteiger charge is -2.33. The SMILES string of the molecule is CCC(C)CN(C)CC1(CN)CCCC1. The van der Waals surface area contributed by atoms with Crippen LogP contribution in [0.2, 0.25) is 0 Å². The molecular formula is C13H28N2. The molecule has 2 heteroatoms. The van der Waals surface area contributed by atoms with Gasteiger partial charge in [-0.2, -0.15) is 0 Å². The highest BCUT2D eigenvalue weighted by atomic mass is 15.1. The smallest absolute Gasteiger partial charge is 0.00471 e. The minimum atomic E-state index is 0.447. The van der Waals surface area contributed by atoms with Gasteiger partial charge in [0, 0.05) is 13.1 Å². The molecule has 1 saturated carbocycles. The summed E-state index contributed by atoms with van der Waals surface area (Å²) in [5.41, 5.74) is 6.40. The van der Waals surface area contributed by atoms with Crippen LogP contribution < -0.4 is 5.73 Å². The summed E-state index contributed by atoms with van der Waals surface area (Å²) >= 11 is 0. The molecule has 1 fully saturated rings. The maximum absolute atomic E-state index is 5.95. The van der Waals surface area contributed by atoms with E-state index in [9.17, 15) is 0 Å². The van der Waals surface area contributed by atoms with E-state index in [1.807, 2.05) is 0 Å². The fraction of sp³-hybridized carbons (Fsp3) is 1.00. The summed E-state index contributed by atoms with van der Waals surface area (Å²) in [7, 11) is 2.25. The second-order valence-electron chi connectivity index (χ2n) is 5.62. The summed E-state index contributed by atoms with van der Waals surface area (Å²) < 4.78 is 0.